The summed E-state index contributed by atoms with van der Waals surface area (Å²) in [6.45, 7) is -0.0181. The van der Waals surface area contributed by atoms with Crippen LogP contribution in [0.1, 0.15) is 19.3 Å². The summed E-state index contributed by atoms with van der Waals surface area (Å²) in [4.78, 5) is 11.1. The molecule has 76 valence electrons. The molecule has 0 radical (unpaired) electrons. The highest BCUT2D eigenvalue weighted by molar-refractivity contribution is 5.79. The first-order valence-corrected chi connectivity index (χ1v) is 4.31. The number of carbonyl (C=O) groups excluding carboxylic acids is 1. The van der Waals surface area contributed by atoms with Gasteiger partial charge in [0.05, 0.1) is 6.61 Å². The second kappa shape index (κ2) is 4.00. The van der Waals surface area contributed by atoms with E-state index in [1.54, 1.807) is 0 Å². The number of aliphatic hydroxyl groups excluding tert-OH is 1. The summed E-state index contributed by atoms with van der Waals surface area (Å²) in [5.41, 5.74) is 0. The Morgan fingerprint density at radius 3 is 2.77 bits per heavy atom. The molecule has 0 heterocycles. The third-order valence-electron chi connectivity index (χ3n) is 2.19. The van der Waals surface area contributed by atoms with Gasteiger partial charge in [-0.1, -0.05) is 0 Å². The highest BCUT2D eigenvalue weighted by Gasteiger charge is 2.42. The fourth-order valence-electron chi connectivity index (χ4n) is 1.50. The maximum absolute atomic E-state index is 12.6. The van der Waals surface area contributed by atoms with E-state index in [0.29, 0.717) is 0 Å². The number of amides is 1. The van der Waals surface area contributed by atoms with Crippen molar-refractivity contribution in [2.75, 3.05) is 13.2 Å². The molecule has 0 aromatic heterocycles. The smallest absolute Gasteiger partial charge is 0.248 e. The van der Waals surface area contributed by atoms with Crippen molar-refractivity contribution in [3.63, 3.8) is 0 Å². The predicted molar refractivity (Wildman–Crippen MR) is 42.4 cm³/mol. The van der Waals surface area contributed by atoms with Gasteiger partial charge in [0.1, 0.15) is 0 Å². The van der Waals surface area contributed by atoms with Crippen molar-refractivity contribution in [3.05, 3.63) is 0 Å². The molecule has 1 aliphatic carbocycles. The molecule has 5 heteroatoms. The van der Waals surface area contributed by atoms with Crippen molar-refractivity contribution in [1.82, 2.24) is 5.32 Å². The first-order valence-electron chi connectivity index (χ1n) is 4.31. The summed E-state index contributed by atoms with van der Waals surface area (Å²) in [6.07, 6.45) is -0.321. The molecule has 0 aromatic rings. The van der Waals surface area contributed by atoms with Gasteiger partial charge < -0.3 is 10.4 Å². The molecule has 1 amide bonds. The molecule has 2 N–H and O–H groups in total. The number of rotatable bonds is 3. The monoisotopic (exact) mass is 193 g/mol. The van der Waals surface area contributed by atoms with Gasteiger partial charge in [-0.15, -0.1) is 0 Å². The Balaban J connectivity index is 2.33. The lowest BCUT2D eigenvalue weighted by molar-refractivity contribution is -0.125. The molecule has 0 saturated heterocycles. The van der Waals surface area contributed by atoms with Crippen LogP contribution in [0.2, 0.25) is 0 Å². The SMILES string of the molecule is O=C(NCCO)C1CCC(F)(F)C1. The van der Waals surface area contributed by atoms with Gasteiger partial charge in [-0.2, -0.15) is 0 Å². The molecule has 0 aromatic carbocycles. The van der Waals surface area contributed by atoms with Gasteiger partial charge in [0, 0.05) is 25.3 Å². The summed E-state index contributed by atoms with van der Waals surface area (Å²) >= 11 is 0. The maximum atomic E-state index is 12.6. The summed E-state index contributed by atoms with van der Waals surface area (Å²) < 4.78 is 25.3. The first-order chi connectivity index (χ1) is 6.05. The van der Waals surface area contributed by atoms with Crippen LogP contribution >= 0.6 is 0 Å². The zero-order valence-corrected chi connectivity index (χ0v) is 7.22. The van der Waals surface area contributed by atoms with E-state index in [9.17, 15) is 13.6 Å². The molecule has 0 bridgehead atoms. The minimum Gasteiger partial charge on any atom is -0.395 e. The van der Waals surface area contributed by atoms with Gasteiger partial charge in [-0.3, -0.25) is 4.79 Å². The Bertz CT molecular complexity index is 197. The van der Waals surface area contributed by atoms with E-state index < -0.39 is 11.8 Å². The van der Waals surface area contributed by atoms with Crippen LogP contribution in [0.15, 0.2) is 0 Å². The second-order valence-electron chi connectivity index (χ2n) is 3.31. The highest BCUT2D eigenvalue weighted by Crippen LogP contribution is 2.38. The van der Waals surface area contributed by atoms with E-state index >= 15 is 0 Å². The normalized spacial score (nSPS) is 25.9. The Morgan fingerprint density at radius 1 is 1.62 bits per heavy atom. The number of aliphatic hydroxyl groups is 1. The summed E-state index contributed by atoms with van der Waals surface area (Å²) in [6, 6.07) is 0. The van der Waals surface area contributed by atoms with Crippen molar-refractivity contribution in [2.45, 2.75) is 25.2 Å². The molecule has 0 aliphatic heterocycles. The van der Waals surface area contributed by atoms with Crippen LogP contribution in [0, 0.1) is 5.92 Å². The van der Waals surface area contributed by atoms with E-state index in [2.05, 4.69) is 5.32 Å². The number of halogens is 2. The van der Waals surface area contributed by atoms with Crippen molar-refractivity contribution in [2.24, 2.45) is 5.92 Å². The van der Waals surface area contributed by atoms with Gasteiger partial charge in [-0.25, -0.2) is 8.78 Å². The van der Waals surface area contributed by atoms with E-state index in [0.717, 1.165) is 0 Å². The first kappa shape index (κ1) is 10.4. The highest BCUT2D eigenvalue weighted by atomic mass is 19.3. The van der Waals surface area contributed by atoms with Crippen LogP contribution in [-0.2, 0) is 4.79 Å². The molecule has 13 heavy (non-hydrogen) atoms. The van der Waals surface area contributed by atoms with Crippen LogP contribution in [0.25, 0.3) is 0 Å². The third-order valence-corrected chi connectivity index (χ3v) is 2.19. The molecule has 1 fully saturated rings. The molecule has 1 aliphatic rings. The van der Waals surface area contributed by atoms with Gasteiger partial charge in [0.15, 0.2) is 0 Å². The van der Waals surface area contributed by atoms with Crippen molar-refractivity contribution in [3.8, 4) is 0 Å². The van der Waals surface area contributed by atoms with Gasteiger partial charge in [0.25, 0.3) is 0 Å². The minimum atomic E-state index is -2.68. The Labute approximate surface area is 75.1 Å². The van der Waals surface area contributed by atoms with Crippen molar-refractivity contribution in [1.29, 1.82) is 0 Å². The quantitative estimate of drug-likeness (QED) is 0.687. The summed E-state index contributed by atoms with van der Waals surface area (Å²) in [5.74, 6) is -3.63. The fraction of sp³-hybridized carbons (Fsp3) is 0.875. The molecule has 0 spiro atoms. The Kier molecular flexibility index (Phi) is 3.19. The number of alkyl halides is 2. The minimum absolute atomic E-state index is 0.140. The molecular weight excluding hydrogens is 180 g/mol. The fourth-order valence-corrected chi connectivity index (χ4v) is 1.50. The molecule has 1 atom stereocenters. The second-order valence-corrected chi connectivity index (χ2v) is 3.31. The van der Waals surface area contributed by atoms with Gasteiger partial charge in [0.2, 0.25) is 11.8 Å². The topological polar surface area (TPSA) is 49.3 Å². The van der Waals surface area contributed by atoms with Crippen LogP contribution < -0.4 is 5.32 Å². The van der Waals surface area contributed by atoms with Crippen LogP contribution in [0.5, 0.6) is 0 Å². The van der Waals surface area contributed by atoms with Crippen LogP contribution in [0.3, 0.4) is 0 Å². The Morgan fingerprint density at radius 2 is 2.31 bits per heavy atom. The largest absolute Gasteiger partial charge is 0.395 e. The molecule has 3 nitrogen and oxygen atoms in total. The standard InChI is InChI=1S/C8H13F2NO2/c9-8(10)2-1-6(5-8)7(13)11-3-4-12/h6,12H,1-5H2,(H,11,13). The van der Waals surface area contributed by atoms with E-state index in [1.807, 2.05) is 0 Å². The Hall–Kier alpha value is -0.710. The van der Waals surface area contributed by atoms with Crippen LogP contribution in [0.4, 0.5) is 8.78 Å². The lowest BCUT2D eigenvalue weighted by atomic mass is 10.1. The van der Waals surface area contributed by atoms with Crippen molar-refractivity contribution < 1.29 is 18.7 Å². The van der Waals surface area contributed by atoms with E-state index in [1.165, 1.54) is 0 Å². The number of hydrogen-bond acceptors (Lipinski definition) is 2. The zero-order chi connectivity index (χ0) is 9.90. The average Bonchev–Trinajstić information content (AvgIpc) is 2.42. The lowest BCUT2D eigenvalue weighted by Gasteiger charge is -2.10. The predicted octanol–water partition coefficient (Wildman–Crippen LogP) is 0.530. The number of carbonyl (C=O) groups is 1. The van der Waals surface area contributed by atoms with E-state index in [-0.39, 0.29) is 38.3 Å². The van der Waals surface area contributed by atoms with Gasteiger partial charge >= 0.3 is 0 Å². The number of hydrogen-bond donors (Lipinski definition) is 2. The molecule has 1 rings (SSSR count). The molecular formula is C8H13F2NO2. The summed E-state index contributed by atoms with van der Waals surface area (Å²) in [5, 5.41) is 10.8. The maximum Gasteiger partial charge on any atom is 0.248 e. The van der Waals surface area contributed by atoms with Gasteiger partial charge in [-0.05, 0) is 6.42 Å². The number of nitrogens with one attached hydrogen (secondary N) is 1. The zero-order valence-electron chi connectivity index (χ0n) is 7.22. The van der Waals surface area contributed by atoms with E-state index in [4.69, 9.17) is 5.11 Å². The summed E-state index contributed by atoms with van der Waals surface area (Å²) in [7, 11) is 0. The molecule has 1 saturated carbocycles. The third kappa shape index (κ3) is 2.91. The lowest BCUT2D eigenvalue weighted by Crippen LogP contribution is -2.32. The van der Waals surface area contributed by atoms with Crippen molar-refractivity contribution >= 4 is 5.91 Å². The average molecular weight is 193 g/mol. The van der Waals surface area contributed by atoms with Crippen LogP contribution in [-0.4, -0.2) is 30.1 Å². The molecule has 1 unspecified atom stereocenters.